The Morgan fingerprint density at radius 2 is 1.97 bits per heavy atom. The average Bonchev–Trinajstić information content (AvgIpc) is 2.91. The quantitative estimate of drug-likeness (QED) is 0.266. The third kappa shape index (κ3) is 5.53. The molecule has 0 bridgehead atoms. The van der Waals surface area contributed by atoms with E-state index < -0.39 is 5.95 Å². The first-order valence-electron chi connectivity index (χ1n) is 13.1. The average molecular weight is 516 g/mol. The van der Waals surface area contributed by atoms with Crippen LogP contribution in [-0.4, -0.2) is 59.0 Å². The molecule has 1 atom stereocenters. The highest BCUT2D eigenvalue weighted by Gasteiger charge is 2.32. The van der Waals surface area contributed by atoms with Gasteiger partial charge in [-0.25, -0.2) is 9.83 Å². The standard InChI is InChI=1S/C30H34FN5O2/c1-7-35(6)13-11-21-15-24(22-9-10-29(31)34-19(22)3)23-12-14-36(30(37)25(23)16-21)20(4)26-17-28(38-8-2)27(32-5)18-33-26/h9-10,15-18,20H,7-8,11-14H2,1-4,6H3/t20-/m0/s1. The molecule has 0 saturated heterocycles. The number of hydrogen-bond acceptors (Lipinski definition) is 5. The first-order chi connectivity index (χ1) is 18.3. The van der Waals surface area contributed by atoms with Crippen LogP contribution in [0.2, 0.25) is 0 Å². The minimum atomic E-state index is -0.514. The molecule has 198 valence electrons. The molecule has 1 aromatic carbocycles. The Morgan fingerprint density at radius 1 is 1.21 bits per heavy atom. The maximum Gasteiger partial charge on any atom is 0.254 e. The minimum Gasteiger partial charge on any atom is -0.505 e. The lowest BCUT2D eigenvalue weighted by atomic mass is 9.86. The molecule has 0 spiro atoms. The Bertz CT molecular complexity index is 1380. The van der Waals surface area contributed by atoms with Crippen LogP contribution in [0.3, 0.4) is 0 Å². The van der Waals surface area contributed by atoms with Crippen molar-refractivity contribution < 1.29 is 13.9 Å². The first kappa shape index (κ1) is 27.2. The molecule has 0 radical (unpaired) electrons. The molecule has 4 rings (SSSR count). The van der Waals surface area contributed by atoms with Crippen LogP contribution in [0.1, 0.15) is 59.7 Å². The number of halogens is 1. The lowest BCUT2D eigenvalue weighted by Crippen LogP contribution is -2.40. The molecule has 0 saturated carbocycles. The SMILES string of the molecule is [C-]#[N+]c1cnc([C@H](C)N2CCc3c(cc(CCN(C)CC)cc3-c3ccc(F)nc3C)C2=O)cc1OCC. The molecule has 3 heterocycles. The van der Waals surface area contributed by atoms with Gasteiger partial charge in [0.25, 0.3) is 5.91 Å². The van der Waals surface area contributed by atoms with E-state index in [1.54, 1.807) is 19.1 Å². The molecule has 3 aromatic rings. The van der Waals surface area contributed by atoms with Crippen LogP contribution < -0.4 is 4.74 Å². The second-order valence-electron chi connectivity index (χ2n) is 9.63. The molecule has 0 aliphatic carbocycles. The van der Waals surface area contributed by atoms with Gasteiger partial charge in [0, 0.05) is 36.1 Å². The zero-order chi connectivity index (χ0) is 27.4. The van der Waals surface area contributed by atoms with Crippen molar-refractivity contribution in [2.45, 2.75) is 46.6 Å². The summed E-state index contributed by atoms with van der Waals surface area (Å²) in [4.78, 5) is 30.0. The van der Waals surface area contributed by atoms with Crippen LogP contribution in [0.4, 0.5) is 10.1 Å². The number of amides is 1. The van der Waals surface area contributed by atoms with Crippen LogP contribution in [0.5, 0.6) is 5.75 Å². The van der Waals surface area contributed by atoms with Gasteiger partial charge in [-0.3, -0.25) is 9.78 Å². The van der Waals surface area contributed by atoms with Crippen LogP contribution in [0.15, 0.2) is 36.5 Å². The zero-order valence-electron chi connectivity index (χ0n) is 22.7. The predicted molar refractivity (Wildman–Crippen MR) is 146 cm³/mol. The van der Waals surface area contributed by atoms with Gasteiger partial charge in [-0.15, -0.1) is 0 Å². The monoisotopic (exact) mass is 515 g/mol. The third-order valence-corrected chi connectivity index (χ3v) is 7.25. The van der Waals surface area contributed by atoms with E-state index >= 15 is 0 Å². The van der Waals surface area contributed by atoms with E-state index in [1.165, 1.54) is 12.3 Å². The van der Waals surface area contributed by atoms with Crippen molar-refractivity contribution in [3.63, 3.8) is 0 Å². The number of hydrogen-bond donors (Lipinski definition) is 0. The number of fused-ring (bicyclic) bond motifs is 1. The molecule has 1 amide bonds. The maximum absolute atomic E-state index is 14.0. The van der Waals surface area contributed by atoms with Gasteiger partial charge in [-0.2, -0.15) is 4.39 Å². The fourth-order valence-corrected chi connectivity index (χ4v) is 4.92. The highest BCUT2D eigenvalue weighted by atomic mass is 19.1. The highest BCUT2D eigenvalue weighted by molar-refractivity contribution is 5.99. The Morgan fingerprint density at radius 3 is 2.66 bits per heavy atom. The summed E-state index contributed by atoms with van der Waals surface area (Å²) in [6, 6.07) is 8.74. The van der Waals surface area contributed by atoms with E-state index in [-0.39, 0.29) is 11.9 Å². The second kappa shape index (κ2) is 11.7. The summed E-state index contributed by atoms with van der Waals surface area (Å²) in [5.74, 6) is -0.0966. The number of nitrogens with zero attached hydrogens (tertiary/aromatic N) is 5. The Balaban J connectivity index is 1.74. The van der Waals surface area contributed by atoms with Gasteiger partial charge < -0.3 is 14.5 Å². The van der Waals surface area contributed by atoms with Crippen molar-refractivity contribution in [3.8, 4) is 16.9 Å². The van der Waals surface area contributed by atoms with Crippen molar-refractivity contribution in [1.29, 1.82) is 0 Å². The molecule has 2 aromatic heterocycles. The fourth-order valence-electron chi connectivity index (χ4n) is 4.92. The third-order valence-electron chi connectivity index (χ3n) is 7.25. The number of rotatable bonds is 9. The van der Waals surface area contributed by atoms with Crippen molar-refractivity contribution in [2.24, 2.45) is 0 Å². The van der Waals surface area contributed by atoms with Gasteiger partial charge in [0.1, 0.15) is 5.75 Å². The van der Waals surface area contributed by atoms with Crippen LogP contribution in [0, 0.1) is 19.4 Å². The second-order valence-corrected chi connectivity index (χ2v) is 9.63. The van der Waals surface area contributed by atoms with E-state index in [9.17, 15) is 9.18 Å². The number of pyridine rings is 2. The number of aryl methyl sites for hydroxylation is 1. The molecule has 1 aliphatic rings. The van der Waals surface area contributed by atoms with E-state index in [1.807, 2.05) is 24.8 Å². The Hall–Kier alpha value is -3.83. The molecule has 38 heavy (non-hydrogen) atoms. The van der Waals surface area contributed by atoms with Gasteiger partial charge in [-0.1, -0.05) is 13.0 Å². The van der Waals surface area contributed by atoms with Crippen molar-refractivity contribution in [3.05, 3.63) is 82.0 Å². The van der Waals surface area contributed by atoms with Gasteiger partial charge in [0.2, 0.25) is 11.6 Å². The lowest BCUT2D eigenvalue weighted by Gasteiger charge is -2.35. The van der Waals surface area contributed by atoms with Crippen LogP contribution in [0.25, 0.3) is 16.0 Å². The number of likely N-dealkylation sites (N-methyl/N-ethyl adjacent to an activating group) is 1. The molecule has 0 N–H and O–H groups in total. The van der Waals surface area contributed by atoms with Gasteiger partial charge in [0.15, 0.2) is 0 Å². The van der Waals surface area contributed by atoms with E-state index in [2.05, 4.69) is 39.8 Å². The van der Waals surface area contributed by atoms with Gasteiger partial charge in [0.05, 0.1) is 24.9 Å². The number of carbonyl (C=O) groups is 1. The van der Waals surface area contributed by atoms with Crippen molar-refractivity contribution in [1.82, 2.24) is 19.8 Å². The van der Waals surface area contributed by atoms with Crippen molar-refractivity contribution >= 4 is 11.6 Å². The summed E-state index contributed by atoms with van der Waals surface area (Å²) in [7, 11) is 2.07. The minimum absolute atomic E-state index is 0.0626. The topological polar surface area (TPSA) is 62.9 Å². The summed E-state index contributed by atoms with van der Waals surface area (Å²) in [5.41, 5.74) is 6.12. The number of aromatic nitrogens is 2. The molecular formula is C30H34FN5O2. The normalized spacial score (nSPS) is 13.8. The maximum atomic E-state index is 14.0. The van der Waals surface area contributed by atoms with E-state index in [0.717, 1.165) is 41.8 Å². The first-order valence-corrected chi connectivity index (χ1v) is 13.1. The molecular weight excluding hydrogens is 481 g/mol. The molecule has 0 unspecified atom stereocenters. The van der Waals surface area contributed by atoms with Gasteiger partial charge in [-0.05, 0) is 88.2 Å². The highest BCUT2D eigenvalue weighted by Crippen LogP contribution is 2.37. The summed E-state index contributed by atoms with van der Waals surface area (Å²) in [5, 5.41) is 0. The summed E-state index contributed by atoms with van der Waals surface area (Å²) >= 11 is 0. The van der Waals surface area contributed by atoms with E-state index in [4.69, 9.17) is 11.3 Å². The fraction of sp³-hybridized carbons (Fsp3) is 0.400. The lowest BCUT2D eigenvalue weighted by molar-refractivity contribution is 0.0669. The molecule has 0 fully saturated rings. The molecule has 1 aliphatic heterocycles. The Kier molecular flexibility index (Phi) is 8.38. The smallest absolute Gasteiger partial charge is 0.254 e. The van der Waals surface area contributed by atoms with Gasteiger partial charge >= 0.3 is 0 Å². The summed E-state index contributed by atoms with van der Waals surface area (Å²) in [6.07, 6.45) is 2.96. The van der Waals surface area contributed by atoms with Crippen LogP contribution >= 0.6 is 0 Å². The Labute approximate surface area is 224 Å². The molecule has 8 heteroatoms. The zero-order valence-corrected chi connectivity index (χ0v) is 22.7. The number of benzene rings is 1. The van der Waals surface area contributed by atoms with E-state index in [0.29, 0.717) is 48.0 Å². The largest absolute Gasteiger partial charge is 0.505 e. The van der Waals surface area contributed by atoms with Crippen molar-refractivity contribution in [2.75, 3.05) is 33.3 Å². The molecule has 7 nitrogen and oxygen atoms in total. The number of carbonyl (C=O) groups excluding carboxylic acids is 1. The summed E-state index contributed by atoms with van der Waals surface area (Å²) < 4.78 is 19.5. The van der Waals surface area contributed by atoms with Crippen LogP contribution in [-0.2, 0) is 12.8 Å². The number of ether oxygens (including phenoxy) is 1. The predicted octanol–water partition coefficient (Wildman–Crippen LogP) is 5.79. The summed E-state index contributed by atoms with van der Waals surface area (Å²) in [6.45, 7) is 17.9.